The second-order valence-electron chi connectivity index (χ2n) is 7.48. The van der Waals surface area contributed by atoms with Gasteiger partial charge in [0.2, 0.25) is 0 Å². The third kappa shape index (κ3) is 5.57. The van der Waals surface area contributed by atoms with E-state index >= 15 is 0 Å². The quantitative estimate of drug-likeness (QED) is 0.295. The molecule has 0 atom stereocenters. The highest BCUT2D eigenvalue weighted by Gasteiger charge is 2.04. The van der Waals surface area contributed by atoms with Gasteiger partial charge in [0.15, 0.2) is 0 Å². The molecule has 31 heavy (non-hydrogen) atoms. The maximum absolute atomic E-state index is 4.78. The van der Waals surface area contributed by atoms with E-state index in [-0.39, 0.29) is 0 Å². The number of nitrogens with zero attached hydrogens (tertiary/aromatic N) is 1. The molecule has 0 bridgehead atoms. The third-order valence-corrected chi connectivity index (χ3v) is 5.13. The van der Waals surface area contributed by atoms with Crippen LogP contribution in [-0.4, -0.2) is 5.87 Å². The highest BCUT2D eigenvalue weighted by atomic mass is 14.7. The Balaban J connectivity index is 1.65. The van der Waals surface area contributed by atoms with Crippen molar-refractivity contribution >= 4 is 23.2 Å². The van der Waals surface area contributed by atoms with Crippen molar-refractivity contribution < 1.29 is 0 Å². The monoisotopic (exact) mass is 399 g/mol. The Bertz CT molecular complexity index is 1170. The first-order chi connectivity index (χ1) is 15.3. The zero-order valence-electron chi connectivity index (χ0n) is 17.7. The molecule has 0 N–H and O–H groups in total. The second kappa shape index (κ2) is 10.2. The van der Waals surface area contributed by atoms with E-state index in [9.17, 15) is 0 Å². The lowest BCUT2D eigenvalue weighted by atomic mass is 9.99. The highest BCUT2D eigenvalue weighted by molar-refractivity contribution is 5.99. The van der Waals surface area contributed by atoms with Crippen LogP contribution in [-0.2, 0) is 6.42 Å². The van der Waals surface area contributed by atoms with Crippen LogP contribution in [0.1, 0.15) is 27.8 Å². The van der Waals surface area contributed by atoms with Crippen molar-refractivity contribution in [2.45, 2.75) is 13.3 Å². The molecule has 0 fully saturated rings. The van der Waals surface area contributed by atoms with Crippen LogP contribution in [0.15, 0.2) is 120 Å². The van der Waals surface area contributed by atoms with Gasteiger partial charge in [0, 0.05) is 0 Å². The lowest BCUT2D eigenvalue weighted by Crippen LogP contribution is -1.88. The summed E-state index contributed by atoms with van der Waals surface area (Å²) in [5.74, 6) is 3.34. The van der Waals surface area contributed by atoms with Gasteiger partial charge in [-0.2, -0.15) is 0 Å². The first-order valence-corrected chi connectivity index (χ1v) is 10.6. The normalized spacial score (nSPS) is 10.6. The fraction of sp³-hybridized carbons (Fsp3) is 0.0667. The minimum Gasteiger partial charge on any atom is -0.205 e. The van der Waals surface area contributed by atoms with Crippen LogP contribution in [0, 0.1) is 6.92 Å². The average molecular weight is 400 g/mol. The van der Waals surface area contributed by atoms with Crippen LogP contribution in [0.5, 0.6) is 0 Å². The molecule has 0 radical (unpaired) electrons. The molecule has 4 rings (SSSR count). The summed E-state index contributed by atoms with van der Waals surface area (Å²) >= 11 is 0. The summed E-state index contributed by atoms with van der Waals surface area (Å²) in [4.78, 5) is 4.78. The van der Waals surface area contributed by atoms with Gasteiger partial charge >= 0.3 is 0 Å². The number of aryl methyl sites for hydroxylation is 1. The number of allylic oxidation sites excluding steroid dienone is 1. The van der Waals surface area contributed by atoms with Gasteiger partial charge in [0.05, 0.1) is 11.3 Å². The Hall–Kier alpha value is -3.93. The first-order valence-electron chi connectivity index (χ1n) is 10.6. The topological polar surface area (TPSA) is 12.4 Å². The van der Waals surface area contributed by atoms with E-state index in [4.69, 9.17) is 4.99 Å². The number of hydrogen-bond donors (Lipinski definition) is 0. The van der Waals surface area contributed by atoms with E-state index in [0.717, 1.165) is 28.8 Å². The van der Waals surface area contributed by atoms with Crippen LogP contribution in [0.25, 0.3) is 11.6 Å². The standard InChI is InChI=1S/C30H25N/c1-24-19-21-25(22-20-24)11-10-17-28-16-8-9-18-30(28)31-23-29(26-12-4-2-5-13-26)27-14-6-3-7-15-27/h2-16,18-22H,17H2,1H3/b11-10-. The third-order valence-electron chi connectivity index (χ3n) is 5.13. The molecule has 0 amide bonds. The van der Waals surface area contributed by atoms with Crippen LogP contribution in [0.4, 0.5) is 5.69 Å². The Kier molecular flexibility index (Phi) is 6.70. The van der Waals surface area contributed by atoms with Crippen molar-refractivity contribution in [3.8, 4) is 0 Å². The molecule has 0 saturated heterocycles. The molecule has 0 spiro atoms. The van der Waals surface area contributed by atoms with Gasteiger partial charge in [-0.05, 0) is 47.5 Å². The highest BCUT2D eigenvalue weighted by Crippen LogP contribution is 2.23. The van der Waals surface area contributed by atoms with Crippen molar-refractivity contribution in [2.75, 3.05) is 0 Å². The SMILES string of the molecule is Cc1ccc(/C=C\Cc2ccccc2N=C=C(c2ccccc2)c2ccccc2)cc1. The second-order valence-corrected chi connectivity index (χ2v) is 7.48. The summed E-state index contributed by atoms with van der Waals surface area (Å²) in [7, 11) is 0. The van der Waals surface area contributed by atoms with E-state index in [0.29, 0.717) is 0 Å². The van der Waals surface area contributed by atoms with E-state index in [1.807, 2.05) is 42.5 Å². The van der Waals surface area contributed by atoms with Crippen molar-refractivity contribution in [2.24, 2.45) is 4.99 Å². The molecule has 1 nitrogen and oxygen atoms in total. The molecule has 0 aliphatic heterocycles. The summed E-state index contributed by atoms with van der Waals surface area (Å²) in [6, 6.07) is 37.5. The molecule has 4 aromatic carbocycles. The summed E-state index contributed by atoms with van der Waals surface area (Å²) in [5, 5.41) is 0. The fourth-order valence-electron chi connectivity index (χ4n) is 3.41. The molecular weight excluding hydrogens is 374 g/mol. The van der Waals surface area contributed by atoms with Gasteiger partial charge in [0.25, 0.3) is 0 Å². The predicted molar refractivity (Wildman–Crippen MR) is 133 cm³/mol. The molecule has 4 aromatic rings. The number of rotatable bonds is 6. The van der Waals surface area contributed by atoms with E-state index in [1.165, 1.54) is 16.7 Å². The van der Waals surface area contributed by atoms with E-state index < -0.39 is 0 Å². The summed E-state index contributed by atoms with van der Waals surface area (Å²) < 4.78 is 0. The van der Waals surface area contributed by atoms with Gasteiger partial charge < -0.3 is 0 Å². The van der Waals surface area contributed by atoms with Crippen molar-refractivity contribution in [1.82, 2.24) is 0 Å². The van der Waals surface area contributed by atoms with Crippen LogP contribution < -0.4 is 0 Å². The largest absolute Gasteiger partial charge is 0.205 e. The maximum atomic E-state index is 4.78. The summed E-state index contributed by atoms with van der Waals surface area (Å²) in [5.41, 5.74) is 7.81. The Labute approximate surface area is 184 Å². The molecule has 0 aliphatic carbocycles. The van der Waals surface area contributed by atoms with Gasteiger partial charge in [-0.15, -0.1) is 0 Å². The van der Waals surface area contributed by atoms with Gasteiger partial charge in [-0.3, -0.25) is 0 Å². The van der Waals surface area contributed by atoms with E-state index in [1.54, 1.807) is 0 Å². The summed E-state index contributed by atoms with van der Waals surface area (Å²) in [6.07, 6.45) is 5.18. The van der Waals surface area contributed by atoms with Crippen molar-refractivity contribution in [3.05, 3.63) is 143 Å². The van der Waals surface area contributed by atoms with Gasteiger partial charge in [-0.1, -0.05) is 121 Å². The number of hydrogen-bond acceptors (Lipinski definition) is 1. The molecule has 0 aliphatic rings. The Morgan fingerprint density at radius 3 is 1.94 bits per heavy atom. The molecule has 0 saturated carbocycles. The minimum atomic E-state index is 0.821. The first kappa shape index (κ1) is 20.3. The predicted octanol–water partition coefficient (Wildman–Crippen LogP) is 7.68. The molecule has 1 heteroatoms. The lowest BCUT2D eigenvalue weighted by Gasteiger charge is -2.05. The van der Waals surface area contributed by atoms with Crippen LogP contribution >= 0.6 is 0 Å². The lowest BCUT2D eigenvalue weighted by molar-refractivity contribution is 1.26. The molecular formula is C30H25N. The Morgan fingerprint density at radius 1 is 0.710 bits per heavy atom. The zero-order valence-corrected chi connectivity index (χ0v) is 17.7. The van der Waals surface area contributed by atoms with Gasteiger partial charge in [0.1, 0.15) is 0 Å². The number of aliphatic imine (C=N–C) groups is 1. The van der Waals surface area contributed by atoms with Crippen molar-refractivity contribution in [3.63, 3.8) is 0 Å². The van der Waals surface area contributed by atoms with Crippen LogP contribution in [0.3, 0.4) is 0 Å². The Morgan fingerprint density at radius 2 is 1.29 bits per heavy atom. The molecule has 0 heterocycles. The average Bonchev–Trinajstić information content (AvgIpc) is 2.83. The maximum Gasteiger partial charge on any atom is 0.0765 e. The molecule has 0 unspecified atom stereocenters. The van der Waals surface area contributed by atoms with Gasteiger partial charge in [-0.25, -0.2) is 4.99 Å². The minimum absolute atomic E-state index is 0.821. The van der Waals surface area contributed by atoms with Crippen LogP contribution in [0.2, 0.25) is 0 Å². The van der Waals surface area contributed by atoms with Crippen molar-refractivity contribution in [1.29, 1.82) is 0 Å². The summed E-state index contributed by atoms with van der Waals surface area (Å²) in [6.45, 7) is 2.11. The zero-order chi connectivity index (χ0) is 21.3. The smallest absolute Gasteiger partial charge is 0.0765 e. The molecule has 150 valence electrons. The fourth-order valence-corrected chi connectivity index (χ4v) is 3.41. The number of para-hydroxylation sites is 1. The number of benzene rings is 4. The van der Waals surface area contributed by atoms with E-state index in [2.05, 4.69) is 91.7 Å². The molecule has 0 aromatic heterocycles.